The highest BCUT2D eigenvalue weighted by molar-refractivity contribution is 6.42. The monoisotopic (exact) mass is 566 g/mol. The third-order valence-corrected chi connectivity index (χ3v) is 6.68. The zero-order valence-electron chi connectivity index (χ0n) is 20.2. The molecule has 3 rings (SSSR count). The van der Waals surface area contributed by atoms with Gasteiger partial charge in [-0.25, -0.2) is 0 Å². The average molecular weight is 567 g/mol. The lowest BCUT2D eigenvalue weighted by Crippen LogP contribution is -2.45. The van der Waals surface area contributed by atoms with Gasteiger partial charge in [-0.15, -0.1) is 0 Å². The van der Waals surface area contributed by atoms with Gasteiger partial charge in [-0.05, 0) is 52.9 Å². The molecule has 11 heteroatoms. The number of carbonyl (C=O) groups excluding carboxylic acids is 2. The summed E-state index contributed by atoms with van der Waals surface area (Å²) in [7, 11) is 0. The van der Waals surface area contributed by atoms with Gasteiger partial charge in [0.15, 0.2) is 0 Å². The number of hydrogen-bond donors (Lipinski definition) is 4. The average Bonchev–Trinajstić information content (AvgIpc) is 2.89. The molecule has 0 radical (unpaired) electrons. The lowest BCUT2D eigenvalue weighted by molar-refractivity contribution is -0.137. The standard InChI is InChI=1S/C27H27Cl2F3N4O2/c28-22-10-7-19(12-23(22)29)21(25(37)35-14-18-3-1-17(13-33)2-4-18)15-36-26(38)24(34)11-16-5-8-20(9-6-16)27(30,31)32/h1-10,12,21,24H,11,13-15,33-34H2,(H,35,37)(H,36,38)/t21-,24+/m0/s1. The van der Waals surface area contributed by atoms with Gasteiger partial charge in [0.1, 0.15) is 0 Å². The first-order chi connectivity index (χ1) is 18.0. The summed E-state index contributed by atoms with van der Waals surface area (Å²) in [6.45, 7) is 0.574. The third kappa shape index (κ3) is 8.19. The van der Waals surface area contributed by atoms with E-state index in [4.69, 9.17) is 34.7 Å². The van der Waals surface area contributed by atoms with Crippen LogP contribution in [0.5, 0.6) is 0 Å². The van der Waals surface area contributed by atoms with Crippen molar-refractivity contribution < 1.29 is 22.8 Å². The Morgan fingerprint density at radius 3 is 2.00 bits per heavy atom. The van der Waals surface area contributed by atoms with E-state index in [0.717, 1.165) is 23.3 Å². The van der Waals surface area contributed by atoms with E-state index in [2.05, 4.69) is 10.6 Å². The Balaban J connectivity index is 1.66. The van der Waals surface area contributed by atoms with Crippen molar-refractivity contribution >= 4 is 35.0 Å². The van der Waals surface area contributed by atoms with Crippen LogP contribution >= 0.6 is 23.2 Å². The number of amides is 2. The summed E-state index contributed by atoms with van der Waals surface area (Å²) in [4.78, 5) is 25.8. The second-order valence-electron chi connectivity index (χ2n) is 8.72. The molecule has 0 aliphatic heterocycles. The second kappa shape index (κ2) is 13.1. The van der Waals surface area contributed by atoms with E-state index in [0.29, 0.717) is 22.7 Å². The Morgan fingerprint density at radius 2 is 1.42 bits per heavy atom. The molecule has 3 aromatic rings. The number of nitrogens with two attached hydrogens (primary N) is 2. The molecule has 2 amide bonds. The van der Waals surface area contributed by atoms with Gasteiger partial charge in [0.05, 0.1) is 27.6 Å². The first kappa shape index (κ1) is 29.4. The van der Waals surface area contributed by atoms with Crippen molar-refractivity contribution in [1.82, 2.24) is 10.6 Å². The quantitative estimate of drug-likeness (QED) is 0.288. The van der Waals surface area contributed by atoms with Crippen molar-refractivity contribution in [3.8, 4) is 0 Å². The molecule has 2 atom stereocenters. The van der Waals surface area contributed by atoms with Crippen molar-refractivity contribution in [3.63, 3.8) is 0 Å². The van der Waals surface area contributed by atoms with E-state index in [1.54, 1.807) is 18.2 Å². The number of hydrogen-bond acceptors (Lipinski definition) is 4. The summed E-state index contributed by atoms with van der Waals surface area (Å²) in [5.74, 6) is -1.72. The fraction of sp³-hybridized carbons (Fsp3) is 0.259. The molecule has 0 bridgehead atoms. The molecule has 0 aliphatic carbocycles. The molecule has 0 fully saturated rings. The highest BCUT2D eigenvalue weighted by Crippen LogP contribution is 2.29. The maximum atomic E-state index is 13.1. The van der Waals surface area contributed by atoms with Gasteiger partial charge in [-0.1, -0.05) is 65.7 Å². The van der Waals surface area contributed by atoms with E-state index in [1.165, 1.54) is 12.1 Å². The SMILES string of the molecule is NCc1ccc(CNC(=O)[C@@H](CNC(=O)[C@H](N)Cc2ccc(C(F)(F)F)cc2)c2ccc(Cl)c(Cl)c2)cc1. The van der Waals surface area contributed by atoms with Crippen LogP contribution in [-0.4, -0.2) is 24.4 Å². The van der Waals surface area contributed by atoms with Crippen LogP contribution in [0.3, 0.4) is 0 Å². The van der Waals surface area contributed by atoms with Crippen molar-refractivity contribution in [2.24, 2.45) is 11.5 Å². The van der Waals surface area contributed by atoms with Crippen LogP contribution in [-0.2, 0) is 35.3 Å². The van der Waals surface area contributed by atoms with E-state index in [1.807, 2.05) is 24.3 Å². The predicted octanol–water partition coefficient (Wildman–Crippen LogP) is 4.56. The number of nitrogens with one attached hydrogen (secondary N) is 2. The Bertz CT molecular complexity index is 1250. The number of rotatable bonds is 10. The fourth-order valence-corrected chi connectivity index (χ4v) is 4.01. The summed E-state index contributed by atoms with van der Waals surface area (Å²) in [5.41, 5.74) is 13.7. The number of alkyl halides is 3. The van der Waals surface area contributed by atoms with Gasteiger partial charge in [0.2, 0.25) is 11.8 Å². The van der Waals surface area contributed by atoms with E-state index in [-0.39, 0.29) is 30.4 Å². The minimum Gasteiger partial charge on any atom is -0.354 e. The molecular formula is C27H27Cl2F3N4O2. The lowest BCUT2D eigenvalue weighted by atomic mass is 9.97. The fourth-order valence-electron chi connectivity index (χ4n) is 3.71. The van der Waals surface area contributed by atoms with Gasteiger partial charge in [0, 0.05) is 19.6 Å². The molecule has 202 valence electrons. The number of benzene rings is 3. The predicted molar refractivity (Wildman–Crippen MR) is 142 cm³/mol. The van der Waals surface area contributed by atoms with E-state index >= 15 is 0 Å². The van der Waals surface area contributed by atoms with Crippen LogP contribution in [0.15, 0.2) is 66.7 Å². The number of halogens is 5. The van der Waals surface area contributed by atoms with Crippen LogP contribution in [0.4, 0.5) is 13.2 Å². The van der Waals surface area contributed by atoms with Crippen molar-refractivity contribution in [2.45, 2.75) is 37.6 Å². The summed E-state index contributed by atoms with van der Waals surface area (Å²) in [6, 6.07) is 15.6. The van der Waals surface area contributed by atoms with Gasteiger partial charge < -0.3 is 22.1 Å². The summed E-state index contributed by atoms with van der Waals surface area (Å²) in [6.07, 6.45) is -4.43. The molecule has 0 spiro atoms. The van der Waals surface area contributed by atoms with Crippen LogP contribution < -0.4 is 22.1 Å². The number of carbonyl (C=O) groups is 2. The maximum absolute atomic E-state index is 13.1. The Kier molecular flexibility index (Phi) is 10.2. The van der Waals surface area contributed by atoms with Crippen LogP contribution in [0, 0.1) is 0 Å². The molecule has 0 aliphatic rings. The molecule has 0 heterocycles. The molecule has 3 aromatic carbocycles. The Labute approximate surface area is 228 Å². The Hall–Kier alpha value is -3.11. The highest BCUT2D eigenvalue weighted by atomic mass is 35.5. The smallest absolute Gasteiger partial charge is 0.354 e. The van der Waals surface area contributed by atoms with E-state index in [9.17, 15) is 22.8 Å². The largest absolute Gasteiger partial charge is 0.416 e. The molecule has 38 heavy (non-hydrogen) atoms. The topological polar surface area (TPSA) is 110 Å². The Morgan fingerprint density at radius 1 is 0.816 bits per heavy atom. The van der Waals surface area contributed by atoms with E-state index < -0.39 is 29.6 Å². The summed E-state index contributed by atoms with van der Waals surface area (Å²) < 4.78 is 38.3. The van der Waals surface area contributed by atoms with Gasteiger partial charge in [0.25, 0.3) is 0 Å². The zero-order chi connectivity index (χ0) is 27.9. The van der Waals surface area contributed by atoms with Crippen molar-refractivity contribution in [2.75, 3.05) is 6.54 Å². The maximum Gasteiger partial charge on any atom is 0.416 e. The normalized spacial score (nSPS) is 13.0. The molecule has 0 unspecified atom stereocenters. The van der Waals surface area contributed by atoms with Crippen molar-refractivity contribution in [3.05, 3.63) is 105 Å². The zero-order valence-corrected chi connectivity index (χ0v) is 21.7. The molecule has 0 aromatic heterocycles. The highest BCUT2D eigenvalue weighted by Gasteiger charge is 2.30. The molecule has 0 saturated carbocycles. The summed E-state index contributed by atoms with van der Waals surface area (Å²) >= 11 is 12.2. The van der Waals surface area contributed by atoms with Crippen LogP contribution in [0.2, 0.25) is 10.0 Å². The van der Waals surface area contributed by atoms with Gasteiger partial charge >= 0.3 is 6.18 Å². The molecule has 0 saturated heterocycles. The van der Waals surface area contributed by atoms with Crippen LogP contribution in [0.1, 0.15) is 33.7 Å². The van der Waals surface area contributed by atoms with Gasteiger partial charge in [-0.2, -0.15) is 13.2 Å². The molecule has 6 N–H and O–H groups in total. The molecular weight excluding hydrogens is 540 g/mol. The first-order valence-corrected chi connectivity index (χ1v) is 12.4. The first-order valence-electron chi connectivity index (χ1n) is 11.7. The van der Waals surface area contributed by atoms with Crippen LogP contribution in [0.25, 0.3) is 0 Å². The van der Waals surface area contributed by atoms with Gasteiger partial charge in [-0.3, -0.25) is 9.59 Å². The lowest BCUT2D eigenvalue weighted by Gasteiger charge is -2.20. The minimum atomic E-state index is -4.45. The van der Waals surface area contributed by atoms with Crippen molar-refractivity contribution in [1.29, 1.82) is 0 Å². The third-order valence-electron chi connectivity index (χ3n) is 5.94. The summed E-state index contributed by atoms with van der Waals surface area (Å²) in [5, 5.41) is 6.10. The molecule has 6 nitrogen and oxygen atoms in total. The second-order valence-corrected chi connectivity index (χ2v) is 9.53. The minimum absolute atomic E-state index is 0.0202.